The summed E-state index contributed by atoms with van der Waals surface area (Å²) >= 11 is 0. The molecule has 0 aromatic carbocycles. The fraction of sp³-hybridized carbons (Fsp3) is 0.857. The van der Waals surface area contributed by atoms with Crippen LogP contribution in [0.5, 0.6) is 0 Å². The molecule has 8 heteroatoms. The number of rotatable bonds is 6. The fourth-order valence-electron chi connectivity index (χ4n) is 5.41. The average molecular weight is 404 g/mol. The summed E-state index contributed by atoms with van der Waals surface area (Å²) in [6.07, 6.45) is 4.04. The predicted octanol–water partition coefficient (Wildman–Crippen LogP) is 1.46. The van der Waals surface area contributed by atoms with E-state index >= 15 is 0 Å². The number of hydrogen-bond donors (Lipinski definition) is 2. The van der Waals surface area contributed by atoms with Gasteiger partial charge in [0.15, 0.2) is 11.8 Å². The highest BCUT2D eigenvalue weighted by Gasteiger charge is 2.59. The molecule has 2 saturated heterocycles. The molecule has 3 fully saturated rings. The summed E-state index contributed by atoms with van der Waals surface area (Å²) < 4.78 is 7.97. The highest BCUT2D eigenvalue weighted by molar-refractivity contribution is 5.80. The van der Waals surface area contributed by atoms with Gasteiger partial charge in [0.2, 0.25) is 0 Å². The zero-order chi connectivity index (χ0) is 20.6. The van der Waals surface area contributed by atoms with Gasteiger partial charge in [-0.25, -0.2) is 4.99 Å². The monoisotopic (exact) mass is 403 g/mol. The second-order valence-electron chi connectivity index (χ2n) is 9.38. The van der Waals surface area contributed by atoms with Crippen LogP contribution in [0.2, 0.25) is 0 Å². The predicted molar refractivity (Wildman–Crippen MR) is 114 cm³/mol. The maximum Gasteiger partial charge on any atom is 0.192 e. The lowest BCUT2D eigenvalue weighted by Crippen LogP contribution is -2.68. The van der Waals surface area contributed by atoms with Gasteiger partial charge in [-0.3, -0.25) is 4.90 Å². The highest BCUT2D eigenvalue weighted by Crippen LogP contribution is 2.52. The topological polar surface area (TPSA) is 79.6 Å². The van der Waals surface area contributed by atoms with Crippen molar-refractivity contribution in [1.82, 2.24) is 30.3 Å². The molecule has 2 aliphatic heterocycles. The van der Waals surface area contributed by atoms with Crippen molar-refractivity contribution >= 4 is 5.96 Å². The van der Waals surface area contributed by atoms with Crippen LogP contribution in [0, 0.1) is 18.3 Å². The van der Waals surface area contributed by atoms with Crippen LogP contribution in [0.25, 0.3) is 0 Å². The third kappa shape index (κ3) is 3.89. The van der Waals surface area contributed by atoms with Gasteiger partial charge in [-0.1, -0.05) is 20.8 Å². The quantitative estimate of drug-likeness (QED) is 0.553. The molecule has 0 bridgehead atoms. The lowest BCUT2D eigenvalue weighted by atomic mass is 9.57. The van der Waals surface area contributed by atoms with E-state index in [1.165, 1.54) is 19.4 Å². The van der Waals surface area contributed by atoms with Crippen LogP contribution in [0.1, 0.15) is 51.7 Å². The number of fused-ring (bicyclic) bond motifs is 1. The van der Waals surface area contributed by atoms with Crippen LogP contribution >= 0.6 is 0 Å². The van der Waals surface area contributed by atoms with Crippen molar-refractivity contribution in [2.24, 2.45) is 23.4 Å². The van der Waals surface area contributed by atoms with Gasteiger partial charge in [0.05, 0.1) is 6.10 Å². The van der Waals surface area contributed by atoms with Gasteiger partial charge in [0, 0.05) is 43.6 Å². The summed E-state index contributed by atoms with van der Waals surface area (Å²) in [5.41, 5.74) is 0.119. The van der Waals surface area contributed by atoms with E-state index in [0.717, 1.165) is 43.7 Å². The second kappa shape index (κ2) is 8.22. The molecule has 8 nitrogen and oxygen atoms in total. The maximum absolute atomic E-state index is 5.97. The summed E-state index contributed by atoms with van der Waals surface area (Å²) in [6, 6.07) is 0.967. The van der Waals surface area contributed by atoms with Crippen molar-refractivity contribution in [2.45, 2.75) is 71.7 Å². The first-order valence-electron chi connectivity index (χ1n) is 11.2. The normalized spacial score (nSPS) is 31.6. The largest absolute Gasteiger partial charge is 0.377 e. The Morgan fingerprint density at radius 1 is 1.31 bits per heavy atom. The van der Waals surface area contributed by atoms with Crippen molar-refractivity contribution in [3.63, 3.8) is 0 Å². The molecule has 162 valence electrons. The molecule has 1 saturated carbocycles. The number of nitrogens with one attached hydrogen (secondary N) is 2. The van der Waals surface area contributed by atoms with Crippen molar-refractivity contribution in [2.75, 3.05) is 26.2 Å². The lowest BCUT2D eigenvalue weighted by molar-refractivity contribution is -0.106. The zero-order valence-corrected chi connectivity index (χ0v) is 18.6. The van der Waals surface area contributed by atoms with Gasteiger partial charge >= 0.3 is 0 Å². The van der Waals surface area contributed by atoms with Crippen LogP contribution in [-0.2, 0) is 18.3 Å². The number of likely N-dealkylation sites (N-methyl/N-ethyl adjacent to an activating group) is 1. The molecule has 0 amide bonds. The number of aromatic nitrogens is 3. The van der Waals surface area contributed by atoms with Crippen LogP contribution in [0.15, 0.2) is 4.99 Å². The summed E-state index contributed by atoms with van der Waals surface area (Å²) in [5, 5.41) is 15.8. The Kier molecular flexibility index (Phi) is 5.84. The summed E-state index contributed by atoms with van der Waals surface area (Å²) in [6.45, 7) is 13.5. The maximum atomic E-state index is 5.97. The van der Waals surface area contributed by atoms with Crippen molar-refractivity contribution in [3.8, 4) is 0 Å². The number of aryl methyl sites for hydroxylation is 1. The van der Waals surface area contributed by atoms with E-state index in [1.54, 1.807) is 0 Å². The first-order chi connectivity index (χ1) is 13.9. The highest BCUT2D eigenvalue weighted by atomic mass is 16.5. The van der Waals surface area contributed by atoms with Crippen molar-refractivity contribution in [1.29, 1.82) is 0 Å². The third-order valence-electron chi connectivity index (χ3n) is 7.36. The summed E-state index contributed by atoms with van der Waals surface area (Å²) in [4.78, 5) is 7.45. The average Bonchev–Trinajstić information content (AvgIpc) is 3.42. The van der Waals surface area contributed by atoms with Gasteiger partial charge in [-0.05, 0) is 39.3 Å². The number of guanidine groups is 1. The van der Waals surface area contributed by atoms with E-state index < -0.39 is 0 Å². The Morgan fingerprint density at radius 3 is 2.86 bits per heavy atom. The fourth-order valence-corrected chi connectivity index (χ4v) is 5.41. The minimum Gasteiger partial charge on any atom is -0.377 e. The first-order valence-corrected chi connectivity index (χ1v) is 11.2. The lowest BCUT2D eigenvalue weighted by Gasteiger charge is -2.55. The smallest absolute Gasteiger partial charge is 0.192 e. The molecule has 0 spiro atoms. The number of likely N-dealkylation sites (tertiary alicyclic amines) is 1. The van der Waals surface area contributed by atoms with Crippen LogP contribution in [0.4, 0.5) is 0 Å². The number of ether oxygens (including phenoxy) is 1. The van der Waals surface area contributed by atoms with E-state index in [2.05, 4.69) is 46.5 Å². The van der Waals surface area contributed by atoms with E-state index in [1.807, 2.05) is 18.5 Å². The molecule has 2 N–H and O–H groups in total. The molecular formula is C21H37N7O. The van der Waals surface area contributed by atoms with E-state index in [9.17, 15) is 0 Å². The SMILES string of the molecule is CCN1CCCC1CNC(=NCc1nnc(C)n1C)NC1C2CCOC2C1(C)C. The molecule has 3 aliphatic rings. The van der Waals surface area contributed by atoms with Gasteiger partial charge in [-0.15, -0.1) is 10.2 Å². The van der Waals surface area contributed by atoms with Crippen LogP contribution in [0.3, 0.4) is 0 Å². The van der Waals surface area contributed by atoms with Gasteiger partial charge in [0.1, 0.15) is 12.4 Å². The minimum absolute atomic E-state index is 0.119. The van der Waals surface area contributed by atoms with Crippen molar-refractivity contribution in [3.05, 3.63) is 11.6 Å². The number of hydrogen-bond acceptors (Lipinski definition) is 5. The molecule has 4 unspecified atom stereocenters. The van der Waals surface area contributed by atoms with Crippen LogP contribution in [-0.4, -0.2) is 70.1 Å². The second-order valence-corrected chi connectivity index (χ2v) is 9.38. The van der Waals surface area contributed by atoms with Gasteiger partial charge in [0.25, 0.3) is 0 Å². The Hall–Kier alpha value is -1.67. The number of nitrogens with zero attached hydrogens (tertiary/aromatic N) is 5. The summed E-state index contributed by atoms with van der Waals surface area (Å²) in [5.74, 6) is 3.26. The standard InChI is InChI=1S/C21H37N7O/c1-6-28-10-7-8-15(28)12-22-20(23-13-17-26-25-14(2)27(17)5)24-18-16-9-11-29-19(16)21(18,3)4/h15-16,18-19H,6-13H2,1-5H3,(H2,22,23,24). The van der Waals surface area contributed by atoms with E-state index in [4.69, 9.17) is 9.73 Å². The third-order valence-corrected chi connectivity index (χ3v) is 7.36. The Labute approximate surface area is 174 Å². The van der Waals surface area contributed by atoms with Gasteiger partial charge in [-0.2, -0.15) is 0 Å². The molecular weight excluding hydrogens is 366 g/mol. The summed E-state index contributed by atoms with van der Waals surface area (Å²) in [7, 11) is 1.99. The van der Waals surface area contributed by atoms with Gasteiger partial charge < -0.3 is 19.9 Å². The van der Waals surface area contributed by atoms with Crippen molar-refractivity contribution < 1.29 is 4.74 Å². The molecule has 1 aromatic rings. The van der Waals surface area contributed by atoms with E-state index in [-0.39, 0.29) is 5.41 Å². The Morgan fingerprint density at radius 2 is 2.14 bits per heavy atom. The molecule has 4 atom stereocenters. The Balaban J connectivity index is 1.46. The molecule has 1 aliphatic carbocycles. The Bertz CT molecular complexity index is 743. The zero-order valence-electron chi connectivity index (χ0n) is 18.6. The molecule has 4 rings (SSSR count). The molecule has 0 radical (unpaired) electrons. The minimum atomic E-state index is 0.119. The molecule has 29 heavy (non-hydrogen) atoms. The number of aliphatic imine (C=N–C) groups is 1. The first kappa shape index (κ1) is 20.6. The van der Waals surface area contributed by atoms with Crippen LogP contribution < -0.4 is 10.6 Å². The van der Waals surface area contributed by atoms with E-state index in [0.29, 0.717) is 30.7 Å². The molecule has 1 aromatic heterocycles. The molecule has 3 heterocycles.